The fraction of sp³-hybridized carbons (Fsp3) is 0.429. The molecule has 1 aliphatic rings. The number of carbonyl (C=O) groups excluding carboxylic acids is 2. The highest BCUT2D eigenvalue weighted by molar-refractivity contribution is 6.30. The van der Waals surface area contributed by atoms with E-state index in [4.69, 9.17) is 11.6 Å². The Morgan fingerprint density at radius 3 is 2.76 bits per heavy atom. The van der Waals surface area contributed by atoms with Gasteiger partial charge in [0.05, 0.1) is 0 Å². The molecule has 1 aromatic rings. The van der Waals surface area contributed by atoms with E-state index in [0.717, 1.165) is 13.1 Å². The first-order valence-electron chi connectivity index (χ1n) is 6.82. The quantitative estimate of drug-likeness (QED) is 0.883. The Labute approximate surface area is 129 Å². The van der Waals surface area contributed by atoms with Crippen LogP contribution in [0.5, 0.6) is 0 Å². The van der Waals surface area contributed by atoms with Crippen molar-refractivity contribution < 1.29 is 9.59 Å². The average Bonchev–Trinajstić information content (AvgIpc) is 2.48. The second-order valence-corrected chi connectivity index (χ2v) is 5.36. The Morgan fingerprint density at radius 2 is 2.10 bits per heavy atom. The Balaban J connectivity index is 1.85. The van der Waals surface area contributed by atoms with E-state index in [2.05, 4.69) is 10.6 Å². The van der Waals surface area contributed by atoms with Crippen LogP contribution in [0.4, 0.5) is 10.5 Å². The number of hydrogen-bond donors (Lipinski definition) is 2. The van der Waals surface area contributed by atoms with Crippen LogP contribution >= 0.6 is 11.6 Å². The van der Waals surface area contributed by atoms with Crippen molar-refractivity contribution in [2.24, 2.45) is 0 Å². The van der Waals surface area contributed by atoms with Gasteiger partial charge in [0.1, 0.15) is 6.54 Å². The molecular weight excluding hydrogens is 292 g/mol. The van der Waals surface area contributed by atoms with Crippen molar-refractivity contribution in [1.29, 1.82) is 0 Å². The molecule has 0 unspecified atom stereocenters. The average molecular weight is 311 g/mol. The van der Waals surface area contributed by atoms with Gasteiger partial charge in [0.15, 0.2) is 0 Å². The minimum absolute atomic E-state index is 0.0414. The molecule has 1 heterocycles. The summed E-state index contributed by atoms with van der Waals surface area (Å²) in [5.41, 5.74) is 0.606. The van der Waals surface area contributed by atoms with Crippen LogP contribution in [0.3, 0.4) is 0 Å². The Kier molecular flexibility index (Phi) is 5.41. The van der Waals surface area contributed by atoms with E-state index in [9.17, 15) is 9.59 Å². The van der Waals surface area contributed by atoms with E-state index in [1.807, 2.05) is 0 Å². The summed E-state index contributed by atoms with van der Waals surface area (Å²) in [5.74, 6) is -0.0414. The zero-order valence-corrected chi connectivity index (χ0v) is 12.7. The number of piperazine rings is 1. The third-order valence-electron chi connectivity index (χ3n) is 3.26. The van der Waals surface area contributed by atoms with E-state index < -0.39 is 0 Å². The molecule has 6 nitrogen and oxygen atoms in total. The van der Waals surface area contributed by atoms with Gasteiger partial charge in [0.2, 0.25) is 5.91 Å². The van der Waals surface area contributed by atoms with Gasteiger partial charge in [0, 0.05) is 43.9 Å². The summed E-state index contributed by atoms with van der Waals surface area (Å²) in [5, 5.41) is 6.44. The lowest BCUT2D eigenvalue weighted by Crippen LogP contribution is -2.50. The molecule has 3 amide bonds. The maximum absolute atomic E-state index is 12.1. The Morgan fingerprint density at radius 1 is 1.38 bits per heavy atom. The second kappa shape index (κ2) is 7.28. The third-order valence-corrected chi connectivity index (χ3v) is 3.50. The van der Waals surface area contributed by atoms with Crippen LogP contribution in [0.1, 0.15) is 0 Å². The lowest BCUT2D eigenvalue weighted by atomic mass is 10.3. The molecule has 1 aromatic carbocycles. The fourth-order valence-corrected chi connectivity index (χ4v) is 2.26. The molecule has 1 saturated heterocycles. The standard InChI is InChI=1S/C14H19ClN4O2/c1-18(10-13(20)19-7-5-16-6-8-19)14(21)17-12-4-2-3-11(15)9-12/h2-4,9,16H,5-8,10H2,1H3,(H,17,21). The molecule has 114 valence electrons. The molecule has 0 atom stereocenters. The van der Waals surface area contributed by atoms with Gasteiger partial charge in [-0.3, -0.25) is 4.79 Å². The van der Waals surface area contributed by atoms with E-state index in [0.29, 0.717) is 23.8 Å². The highest BCUT2D eigenvalue weighted by Gasteiger charge is 2.19. The lowest BCUT2D eigenvalue weighted by molar-refractivity contribution is -0.132. The van der Waals surface area contributed by atoms with Crippen LogP contribution in [-0.4, -0.2) is 61.5 Å². The number of halogens is 1. The van der Waals surface area contributed by atoms with Crippen LogP contribution in [0.25, 0.3) is 0 Å². The molecule has 2 rings (SSSR count). The SMILES string of the molecule is CN(CC(=O)N1CCNCC1)C(=O)Nc1cccc(Cl)c1. The molecular formula is C14H19ClN4O2. The summed E-state index contributed by atoms with van der Waals surface area (Å²) in [6, 6.07) is 6.56. The summed E-state index contributed by atoms with van der Waals surface area (Å²) < 4.78 is 0. The number of likely N-dealkylation sites (N-methyl/N-ethyl adjacent to an activating group) is 1. The van der Waals surface area contributed by atoms with Gasteiger partial charge in [-0.25, -0.2) is 4.79 Å². The summed E-state index contributed by atoms with van der Waals surface area (Å²) in [6.07, 6.45) is 0. The predicted octanol–water partition coefficient (Wildman–Crippen LogP) is 1.24. The monoisotopic (exact) mass is 310 g/mol. The molecule has 1 aliphatic heterocycles. The molecule has 1 fully saturated rings. The van der Waals surface area contributed by atoms with Gasteiger partial charge in [0.25, 0.3) is 0 Å². The van der Waals surface area contributed by atoms with E-state index in [1.54, 1.807) is 36.2 Å². The Hall–Kier alpha value is -1.79. The normalized spacial score (nSPS) is 14.7. The maximum Gasteiger partial charge on any atom is 0.322 e. The van der Waals surface area contributed by atoms with Crippen LogP contribution < -0.4 is 10.6 Å². The van der Waals surface area contributed by atoms with Crippen molar-refractivity contribution in [3.05, 3.63) is 29.3 Å². The highest BCUT2D eigenvalue weighted by Crippen LogP contribution is 2.15. The van der Waals surface area contributed by atoms with Crippen LogP contribution in [-0.2, 0) is 4.79 Å². The van der Waals surface area contributed by atoms with Gasteiger partial charge in [-0.1, -0.05) is 17.7 Å². The zero-order chi connectivity index (χ0) is 15.2. The summed E-state index contributed by atoms with van der Waals surface area (Å²) in [7, 11) is 1.60. The van der Waals surface area contributed by atoms with Crippen molar-refractivity contribution in [2.45, 2.75) is 0 Å². The minimum atomic E-state index is -0.333. The molecule has 2 N–H and O–H groups in total. The zero-order valence-electron chi connectivity index (χ0n) is 11.9. The number of nitrogens with one attached hydrogen (secondary N) is 2. The Bertz CT molecular complexity index is 517. The number of urea groups is 1. The molecule has 0 radical (unpaired) electrons. The molecule has 7 heteroatoms. The number of hydrogen-bond acceptors (Lipinski definition) is 3. The predicted molar refractivity (Wildman–Crippen MR) is 82.6 cm³/mol. The van der Waals surface area contributed by atoms with Gasteiger partial charge < -0.3 is 20.4 Å². The van der Waals surface area contributed by atoms with Gasteiger partial charge in [-0.15, -0.1) is 0 Å². The third kappa shape index (κ3) is 4.61. The number of carbonyl (C=O) groups is 2. The van der Waals surface area contributed by atoms with Crippen molar-refractivity contribution in [3.8, 4) is 0 Å². The molecule has 0 bridgehead atoms. The lowest BCUT2D eigenvalue weighted by Gasteiger charge is -2.29. The number of rotatable bonds is 3. The van der Waals surface area contributed by atoms with Crippen molar-refractivity contribution in [1.82, 2.24) is 15.1 Å². The van der Waals surface area contributed by atoms with Crippen molar-refractivity contribution in [2.75, 3.05) is 45.1 Å². The van der Waals surface area contributed by atoms with E-state index in [1.165, 1.54) is 4.90 Å². The number of nitrogens with zero attached hydrogens (tertiary/aromatic N) is 2. The summed E-state index contributed by atoms with van der Waals surface area (Å²) in [6.45, 7) is 3.02. The smallest absolute Gasteiger partial charge is 0.322 e. The number of anilines is 1. The maximum atomic E-state index is 12.1. The van der Waals surface area contributed by atoms with Crippen LogP contribution in [0.15, 0.2) is 24.3 Å². The topological polar surface area (TPSA) is 64.7 Å². The van der Waals surface area contributed by atoms with Crippen LogP contribution in [0, 0.1) is 0 Å². The first-order chi connectivity index (χ1) is 10.1. The van der Waals surface area contributed by atoms with E-state index >= 15 is 0 Å². The van der Waals surface area contributed by atoms with Crippen molar-refractivity contribution >= 4 is 29.2 Å². The molecule has 0 aliphatic carbocycles. The van der Waals surface area contributed by atoms with Gasteiger partial charge in [-0.05, 0) is 18.2 Å². The first kappa shape index (κ1) is 15.6. The van der Waals surface area contributed by atoms with Crippen LogP contribution in [0.2, 0.25) is 5.02 Å². The number of amides is 3. The first-order valence-corrected chi connectivity index (χ1v) is 7.20. The van der Waals surface area contributed by atoms with Gasteiger partial charge in [-0.2, -0.15) is 0 Å². The highest BCUT2D eigenvalue weighted by atomic mass is 35.5. The van der Waals surface area contributed by atoms with Gasteiger partial charge >= 0.3 is 6.03 Å². The molecule has 0 saturated carbocycles. The fourth-order valence-electron chi connectivity index (χ4n) is 2.07. The largest absolute Gasteiger partial charge is 0.339 e. The molecule has 21 heavy (non-hydrogen) atoms. The minimum Gasteiger partial charge on any atom is -0.339 e. The number of benzene rings is 1. The molecule has 0 spiro atoms. The second-order valence-electron chi connectivity index (χ2n) is 4.93. The summed E-state index contributed by atoms with van der Waals surface area (Å²) >= 11 is 5.86. The van der Waals surface area contributed by atoms with Crippen molar-refractivity contribution in [3.63, 3.8) is 0 Å². The molecule has 0 aromatic heterocycles. The summed E-state index contributed by atoms with van der Waals surface area (Å²) in [4.78, 5) is 27.2. The van der Waals surface area contributed by atoms with E-state index in [-0.39, 0.29) is 18.5 Å².